The number of nitrogens with one attached hydrogen (secondary N) is 2. The van der Waals surface area contributed by atoms with Crippen molar-refractivity contribution in [3.05, 3.63) is 35.9 Å². The number of piperidine rings is 1. The molecular formula is C18H27N3O3. The van der Waals surface area contributed by atoms with Crippen molar-refractivity contribution < 1.29 is 14.7 Å². The van der Waals surface area contributed by atoms with Crippen LogP contribution in [-0.4, -0.2) is 53.7 Å². The lowest BCUT2D eigenvalue weighted by Gasteiger charge is -2.29. The number of aliphatic hydroxyl groups excluding tert-OH is 1. The Kier molecular flexibility index (Phi) is 7.06. The third-order valence-electron chi connectivity index (χ3n) is 4.21. The van der Waals surface area contributed by atoms with Crippen LogP contribution in [-0.2, 0) is 11.2 Å². The first-order valence-electron chi connectivity index (χ1n) is 8.60. The fraction of sp³-hybridized carbons (Fsp3) is 0.556. The first-order valence-corrected chi connectivity index (χ1v) is 8.60. The molecule has 24 heavy (non-hydrogen) atoms. The van der Waals surface area contributed by atoms with Crippen molar-refractivity contribution in [3.8, 4) is 0 Å². The minimum atomic E-state index is -0.919. The van der Waals surface area contributed by atoms with Crippen molar-refractivity contribution in [2.45, 2.75) is 44.7 Å². The molecule has 1 aromatic carbocycles. The van der Waals surface area contributed by atoms with Gasteiger partial charge >= 0.3 is 6.03 Å². The molecule has 1 fully saturated rings. The van der Waals surface area contributed by atoms with E-state index in [-0.39, 0.29) is 18.0 Å². The second-order valence-corrected chi connectivity index (χ2v) is 6.33. The highest BCUT2D eigenvalue weighted by atomic mass is 16.3. The Morgan fingerprint density at radius 2 is 1.79 bits per heavy atom. The van der Waals surface area contributed by atoms with Crippen LogP contribution in [0.3, 0.4) is 0 Å². The molecule has 1 heterocycles. The van der Waals surface area contributed by atoms with Gasteiger partial charge < -0.3 is 20.6 Å². The van der Waals surface area contributed by atoms with Gasteiger partial charge in [-0.05, 0) is 38.2 Å². The second-order valence-electron chi connectivity index (χ2n) is 6.33. The van der Waals surface area contributed by atoms with Crippen LogP contribution in [0.5, 0.6) is 0 Å². The van der Waals surface area contributed by atoms with Gasteiger partial charge in [0.2, 0.25) is 5.91 Å². The van der Waals surface area contributed by atoms with Gasteiger partial charge in [0.15, 0.2) is 0 Å². The summed E-state index contributed by atoms with van der Waals surface area (Å²) in [5, 5.41) is 14.9. The molecule has 3 amide bonds. The van der Waals surface area contributed by atoms with Gasteiger partial charge in [-0.15, -0.1) is 0 Å². The lowest BCUT2D eigenvalue weighted by atomic mass is 10.1. The Hall–Kier alpha value is -2.08. The van der Waals surface area contributed by atoms with Crippen LogP contribution in [0, 0.1) is 0 Å². The summed E-state index contributed by atoms with van der Waals surface area (Å²) < 4.78 is 0. The number of urea groups is 1. The summed E-state index contributed by atoms with van der Waals surface area (Å²) in [6, 6.07) is 8.59. The van der Waals surface area contributed by atoms with E-state index in [1.54, 1.807) is 4.90 Å². The standard InChI is InChI=1S/C18H27N3O3/c1-14(12-15-8-4-2-5-9-15)19-17(23)16(13-22)20-18(24)21-10-6-3-7-11-21/h2,4-5,8-9,14,16,22H,3,6-7,10-13H2,1H3,(H,19,23)(H,20,24). The summed E-state index contributed by atoms with van der Waals surface area (Å²) in [7, 11) is 0. The van der Waals surface area contributed by atoms with Gasteiger partial charge in [-0.2, -0.15) is 0 Å². The molecule has 0 aromatic heterocycles. The molecule has 1 saturated heterocycles. The van der Waals surface area contributed by atoms with Crippen LogP contribution < -0.4 is 10.6 Å². The van der Waals surface area contributed by atoms with Gasteiger partial charge in [0.05, 0.1) is 6.61 Å². The Morgan fingerprint density at radius 3 is 2.42 bits per heavy atom. The summed E-state index contributed by atoms with van der Waals surface area (Å²) in [5.41, 5.74) is 1.13. The number of carbonyl (C=O) groups excluding carboxylic acids is 2. The molecule has 0 saturated carbocycles. The second kappa shape index (κ2) is 9.27. The molecule has 0 aliphatic carbocycles. The fourth-order valence-corrected chi connectivity index (χ4v) is 2.89. The van der Waals surface area contributed by atoms with Gasteiger partial charge in [-0.3, -0.25) is 4.79 Å². The smallest absolute Gasteiger partial charge is 0.318 e. The maximum absolute atomic E-state index is 12.3. The van der Waals surface area contributed by atoms with Crippen molar-refractivity contribution in [1.29, 1.82) is 0 Å². The lowest BCUT2D eigenvalue weighted by molar-refractivity contribution is -0.124. The van der Waals surface area contributed by atoms with Crippen molar-refractivity contribution in [1.82, 2.24) is 15.5 Å². The first-order chi connectivity index (χ1) is 11.6. The fourth-order valence-electron chi connectivity index (χ4n) is 2.89. The average molecular weight is 333 g/mol. The predicted molar refractivity (Wildman–Crippen MR) is 92.6 cm³/mol. The van der Waals surface area contributed by atoms with E-state index < -0.39 is 12.6 Å². The summed E-state index contributed by atoms with van der Waals surface area (Å²) in [4.78, 5) is 26.2. The molecule has 0 radical (unpaired) electrons. The number of aliphatic hydroxyl groups is 1. The molecule has 6 heteroatoms. The van der Waals surface area contributed by atoms with Crippen LogP contribution in [0.4, 0.5) is 4.79 Å². The van der Waals surface area contributed by atoms with Gasteiger partial charge in [0.25, 0.3) is 0 Å². The van der Waals surface area contributed by atoms with E-state index in [9.17, 15) is 14.7 Å². The molecule has 132 valence electrons. The molecule has 0 spiro atoms. The summed E-state index contributed by atoms with van der Waals surface area (Å²) in [6.45, 7) is 2.90. The van der Waals surface area contributed by atoms with E-state index >= 15 is 0 Å². The predicted octanol–water partition coefficient (Wildman–Crippen LogP) is 1.29. The number of amides is 3. The van der Waals surface area contributed by atoms with Crippen molar-refractivity contribution in [2.24, 2.45) is 0 Å². The van der Waals surface area contributed by atoms with Gasteiger partial charge in [0.1, 0.15) is 6.04 Å². The monoisotopic (exact) mass is 333 g/mol. The minimum absolute atomic E-state index is 0.0826. The third kappa shape index (κ3) is 5.53. The number of carbonyl (C=O) groups is 2. The Labute approximate surface area is 143 Å². The van der Waals surface area contributed by atoms with Crippen LogP contribution in [0.15, 0.2) is 30.3 Å². The molecule has 2 rings (SSSR count). The van der Waals surface area contributed by atoms with Crippen molar-refractivity contribution in [3.63, 3.8) is 0 Å². The maximum atomic E-state index is 12.3. The minimum Gasteiger partial charge on any atom is -0.394 e. The molecular weight excluding hydrogens is 306 g/mol. The number of hydrogen-bond acceptors (Lipinski definition) is 3. The number of benzene rings is 1. The zero-order valence-electron chi connectivity index (χ0n) is 14.2. The molecule has 1 aromatic rings. The number of rotatable bonds is 6. The Morgan fingerprint density at radius 1 is 1.12 bits per heavy atom. The van der Waals surface area contributed by atoms with Crippen molar-refractivity contribution >= 4 is 11.9 Å². The summed E-state index contributed by atoms with van der Waals surface area (Å²) in [6.07, 6.45) is 3.80. The summed E-state index contributed by atoms with van der Waals surface area (Å²) in [5.74, 6) is -0.355. The Bertz CT molecular complexity index is 530. The van der Waals surface area contributed by atoms with E-state index in [1.165, 1.54) is 0 Å². The molecule has 0 bridgehead atoms. The maximum Gasteiger partial charge on any atom is 0.318 e. The van der Waals surface area contributed by atoms with E-state index in [0.717, 1.165) is 24.8 Å². The molecule has 1 aliphatic heterocycles. The number of likely N-dealkylation sites (tertiary alicyclic amines) is 1. The quantitative estimate of drug-likeness (QED) is 0.734. The van der Waals surface area contributed by atoms with Crippen LogP contribution in [0.1, 0.15) is 31.7 Å². The SMILES string of the molecule is CC(Cc1ccccc1)NC(=O)C(CO)NC(=O)N1CCCCC1. The van der Waals surface area contributed by atoms with Gasteiger partial charge in [-0.25, -0.2) is 4.79 Å². The van der Waals surface area contributed by atoms with E-state index in [4.69, 9.17) is 0 Å². The van der Waals surface area contributed by atoms with Crippen LogP contribution >= 0.6 is 0 Å². The molecule has 2 unspecified atom stereocenters. The third-order valence-corrected chi connectivity index (χ3v) is 4.21. The van der Waals surface area contributed by atoms with Crippen LogP contribution in [0.2, 0.25) is 0 Å². The molecule has 3 N–H and O–H groups in total. The van der Waals surface area contributed by atoms with Crippen molar-refractivity contribution in [2.75, 3.05) is 19.7 Å². The summed E-state index contributed by atoms with van der Waals surface area (Å²) >= 11 is 0. The van der Waals surface area contributed by atoms with E-state index in [2.05, 4.69) is 10.6 Å². The largest absolute Gasteiger partial charge is 0.394 e. The number of hydrogen-bond donors (Lipinski definition) is 3. The number of nitrogens with zero attached hydrogens (tertiary/aromatic N) is 1. The van der Waals surface area contributed by atoms with Crippen LogP contribution in [0.25, 0.3) is 0 Å². The highest BCUT2D eigenvalue weighted by molar-refractivity contribution is 5.87. The van der Waals surface area contributed by atoms with Gasteiger partial charge in [0, 0.05) is 19.1 Å². The molecule has 1 aliphatic rings. The molecule has 6 nitrogen and oxygen atoms in total. The molecule has 2 atom stereocenters. The topological polar surface area (TPSA) is 81.7 Å². The zero-order valence-corrected chi connectivity index (χ0v) is 14.2. The highest BCUT2D eigenvalue weighted by Crippen LogP contribution is 2.09. The zero-order chi connectivity index (χ0) is 17.4. The normalized spacial score (nSPS) is 17.0. The van der Waals surface area contributed by atoms with E-state index in [1.807, 2.05) is 37.3 Å². The van der Waals surface area contributed by atoms with Gasteiger partial charge in [-0.1, -0.05) is 30.3 Å². The van der Waals surface area contributed by atoms with E-state index in [0.29, 0.717) is 19.5 Å². The first kappa shape index (κ1) is 18.3. The highest BCUT2D eigenvalue weighted by Gasteiger charge is 2.24. The lowest BCUT2D eigenvalue weighted by Crippen LogP contribution is -2.55. The average Bonchev–Trinajstić information content (AvgIpc) is 2.60. The Balaban J connectivity index is 1.82.